The predicted molar refractivity (Wildman–Crippen MR) is 90.9 cm³/mol. The molecule has 1 aromatic heterocycles. The van der Waals surface area contributed by atoms with Crippen molar-refractivity contribution < 1.29 is 13.9 Å². The van der Waals surface area contributed by atoms with Crippen LogP contribution in [0, 0.1) is 12.7 Å². The number of nitrogens with one attached hydrogen (secondary N) is 1. The van der Waals surface area contributed by atoms with Gasteiger partial charge >= 0.3 is 0 Å². The Morgan fingerprint density at radius 2 is 2.08 bits per heavy atom. The van der Waals surface area contributed by atoms with Crippen molar-refractivity contribution in [3.8, 4) is 5.69 Å². The van der Waals surface area contributed by atoms with Crippen LogP contribution in [0.25, 0.3) is 5.69 Å². The van der Waals surface area contributed by atoms with E-state index in [1.165, 1.54) is 12.1 Å². The molecule has 0 unspecified atom stereocenters. The summed E-state index contributed by atoms with van der Waals surface area (Å²) in [6.07, 6.45) is 0.868. The van der Waals surface area contributed by atoms with Gasteiger partial charge in [-0.1, -0.05) is 0 Å². The van der Waals surface area contributed by atoms with Crippen molar-refractivity contribution in [3.05, 3.63) is 41.8 Å². The molecule has 130 valence electrons. The number of carbonyl (C=O) groups excluding carboxylic acids is 1. The van der Waals surface area contributed by atoms with Crippen molar-refractivity contribution in [1.29, 1.82) is 0 Å². The Morgan fingerprint density at radius 1 is 1.38 bits per heavy atom. The van der Waals surface area contributed by atoms with Gasteiger partial charge in [0, 0.05) is 26.3 Å². The van der Waals surface area contributed by atoms with Gasteiger partial charge in [-0.05, 0) is 44.7 Å². The lowest BCUT2D eigenvalue weighted by molar-refractivity contribution is -0.117. The molecule has 0 atom stereocenters. The molecule has 1 amide bonds. The molecule has 0 saturated heterocycles. The van der Waals surface area contributed by atoms with Crippen LogP contribution < -0.4 is 5.32 Å². The van der Waals surface area contributed by atoms with Crippen molar-refractivity contribution >= 4 is 11.7 Å². The summed E-state index contributed by atoms with van der Waals surface area (Å²) >= 11 is 0. The fourth-order valence-electron chi connectivity index (χ4n) is 2.35. The Hall–Kier alpha value is -2.25. The standard InChI is InChI=1S/C17H23FN4O2/c1-13-11-16(19-17(23)12-21(2)9-4-10-24-3)22(20-13)15-7-5-14(18)6-8-15/h5-8,11H,4,9-10,12H2,1-3H3,(H,19,23). The van der Waals surface area contributed by atoms with Gasteiger partial charge in [-0.15, -0.1) is 0 Å². The van der Waals surface area contributed by atoms with Gasteiger partial charge < -0.3 is 10.1 Å². The van der Waals surface area contributed by atoms with Gasteiger partial charge in [-0.3, -0.25) is 9.69 Å². The number of anilines is 1. The van der Waals surface area contributed by atoms with Gasteiger partial charge in [0.05, 0.1) is 17.9 Å². The highest BCUT2D eigenvalue weighted by Gasteiger charge is 2.12. The Morgan fingerprint density at radius 3 is 2.75 bits per heavy atom. The molecule has 2 rings (SSSR count). The van der Waals surface area contributed by atoms with E-state index in [-0.39, 0.29) is 18.3 Å². The van der Waals surface area contributed by atoms with Crippen LogP contribution in [0.3, 0.4) is 0 Å². The second-order valence-corrected chi connectivity index (χ2v) is 5.69. The summed E-state index contributed by atoms with van der Waals surface area (Å²) in [4.78, 5) is 14.1. The number of halogens is 1. The van der Waals surface area contributed by atoms with Gasteiger partial charge in [-0.2, -0.15) is 5.10 Å². The van der Waals surface area contributed by atoms with E-state index in [2.05, 4.69) is 10.4 Å². The van der Waals surface area contributed by atoms with Crippen LogP contribution in [0.1, 0.15) is 12.1 Å². The number of amides is 1. The smallest absolute Gasteiger partial charge is 0.239 e. The Balaban J connectivity index is 2.02. The van der Waals surface area contributed by atoms with E-state index in [1.54, 1.807) is 30.0 Å². The zero-order valence-electron chi connectivity index (χ0n) is 14.3. The average molecular weight is 334 g/mol. The normalized spacial score (nSPS) is 11.0. The number of likely N-dealkylation sites (N-methyl/N-ethyl adjacent to an activating group) is 1. The maximum atomic E-state index is 13.1. The number of nitrogens with zero attached hydrogens (tertiary/aromatic N) is 3. The van der Waals surface area contributed by atoms with Crippen LogP contribution in [-0.4, -0.2) is 54.4 Å². The number of rotatable bonds is 8. The molecule has 0 spiro atoms. The molecule has 0 saturated carbocycles. The highest BCUT2D eigenvalue weighted by Crippen LogP contribution is 2.17. The molecule has 0 aliphatic carbocycles. The van der Waals surface area contributed by atoms with Crippen molar-refractivity contribution in [3.63, 3.8) is 0 Å². The lowest BCUT2D eigenvalue weighted by atomic mass is 10.3. The SMILES string of the molecule is COCCCN(C)CC(=O)Nc1cc(C)nn1-c1ccc(F)cc1. The quantitative estimate of drug-likeness (QED) is 0.752. The number of carbonyl (C=O) groups is 1. The van der Waals surface area contributed by atoms with Crippen LogP contribution in [0.4, 0.5) is 10.2 Å². The number of aryl methyl sites for hydroxylation is 1. The average Bonchev–Trinajstić information content (AvgIpc) is 2.88. The van der Waals surface area contributed by atoms with E-state index in [0.717, 1.165) is 18.7 Å². The monoisotopic (exact) mass is 334 g/mol. The molecular weight excluding hydrogens is 311 g/mol. The molecule has 7 heteroatoms. The molecule has 1 heterocycles. The molecule has 0 bridgehead atoms. The Labute approximate surface area is 141 Å². The minimum Gasteiger partial charge on any atom is -0.385 e. The maximum Gasteiger partial charge on any atom is 0.239 e. The first kappa shape index (κ1) is 18.1. The van der Waals surface area contributed by atoms with Crippen molar-refractivity contribution in [1.82, 2.24) is 14.7 Å². The number of benzene rings is 1. The summed E-state index contributed by atoms with van der Waals surface area (Å²) in [6.45, 7) is 3.56. The zero-order valence-corrected chi connectivity index (χ0v) is 14.3. The van der Waals surface area contributed by atoms with E-state index in [4.69, 9.17) is 4.74 Å². The lowest BCUT2D eigenvalue weighted by Gasteiger charge is -2.16. The second kappa shape index (κ2) is 8.56. The predicted octanol–water partition coefficient (Wildman–Crippen LogP) is 2.23. The molecule has 0 aliphatic rings. The van der Waals surface area contributed by atoms with Gasteiger partial charge in [0.15, 0.2) is 0 Å². The van der Waals surface area contributed by atoms with E-state index in [0.29, 0.717) is 18.1 Å². The topological polar surface area (TPSA) is 59.4 Å². The molecule has 1 N–H and O–H groups in total. The van der Waals surface area contributed by atoms with Crippen LogP contribution in [-0.2, 0) is 9.53 Å². The molecule has 0 aliphatic heterocycles. The lowest BCUT2D eigenvalue weighted by Crippen LogP contribution is -2.31. The molecule has 6 nitrogen and oxygen atoms in total. The molecule has 0 radical (unpaired) electrons. The highest BCUT2D eigenvalue weighted by atomic mass is 19.1. The summed E-state index contributed by atoms with van der Waals surface area (Å²) in [5.74, 6) is 0.124. The molecular formula is C17H23FN4O2. The first-order valence-electron chi connectivity index (χ1n) is 7.79. The van der Waals surface area contributed by atoms with Crippen LogP contribution in [0.2, 0.25) is 0 Å². The van der Waals surface area contributed by atoms with E-state index >= 15 is 0 Å². The van der Waals surface area contributed by atoms with Gasteiger partial charge in [0.25, 0.3) is 0 Å². The third-order valence-corrected chi connectivity index (χ3v) is 3.47. The zero-order chi connectivity index (χ0) is 17.5. The minimum atomic E-state index is -0.314. The third kappa shape index (κ3) is 5.14. The number of hydrogen-bond donors (Lipinski definition) is 1. The summed E-state index contributed by atoms with van der Waals surface area (Å²) < 4.78 is 19.7. The van der Waals surface area contributed by atoms with Crippen molar-refractivity contribution in [2.45, 2.75) is 13.3 Å². The molecule has 1 aromatic carbocycles. The van der Waals surface area contributed by atoms with Gasteiger partial charge in [0.2, 0.25) is 5.91 Å². The first-order chi connectivity index (χ1) is 11.5. The van der Waals surface area contributed by atoms with E-state index in [9.17, 15) is 9.18 Å². The fraction of sp³-hybridized carbons (Fsp3) is 0.412. The Bertz CT molecular complexity index is 670. The van der Waals surface area contributed by atoms with Crippen molar-refractivity contribution in [2.24, 2.45) is 0 Å². The number of hydrogen-bond acceptors (Lipinski definition) is 4. The molecule has 2 aromatic rings. The summed E-state index contributed by atoms with van der Waals surface area (Å²) in [5.41, 5.74) is 1.45. The number of ether oxygens (including phenoxy) is 1. The second-order valence-electron chi connectivity index (χ2n) is 5.69. The minimum absolute atomic E-state index is 0.127. The Kier molecular flexibility index (Phi) is 6.45. The number of methoxy groups -OCH3 is 1. The highest BCUT2D eigenvalue weighted by molar-refractivity contribution is 5.91. The third-order valence-electron chi connectivity index (χ3n) is 3.47. The molecule has 0 fully saturated rings. The summed E-state index contributed by atoms with van der Waals surface area (Å²) in [7, 11) is 3.55. The number of aromatic nitrogens is 2. The van der Waals surface area contributed by atoms with Gasteiger partial charge in [-0.25, -0.2) is 9.07 Å². The van der Waals surface area contributed by atoms with E-state index in [1.807, 2.05) is 18.9 Å². The molecule has 24 heavy (non-hydrogen) atoms. The summed E-state index contributed by atoms with van der Waals surface area (Å²) in [6, 6.07) is 7.75. The van der Waals surface area contributed by atoms with Crippen LogP contribution in [0.15, 0.2) is 30.3 Å². The van der Waals surface area contributed by atoms with Crippen molar-refractivity contribution in [2.75, 3.05) is 39.2 Å². The maximum absolute atomic E-state index is 13.1. The fourth-order valence-corrected chi connectivity index (χ4v) is 2.35. The first-order valence-corrected chi connectivity index (χ1v) is 7.79. The van der Waals surface area contributed by atoms with Gasteiger partial charge in [0.1, 0.15) is 11.6 Å². The largest absolute Gasteiger partial charge is 0.385 e. The summed E-state index contributed by atoms with van der Waals surface area (Å²) in [5, 5.41) is 7.21. The van der Waals surface area contributed by atoms with E-state index < -0.39 is 0 Å². The van der Waals surface area contributed by atoms with Crippen LogP contribution >= 0.6 is 0 Å². The van der Waals surface area contributed by atoms with Crippen LogP contribution in [0.5, 0.6) is 0 Å².